The van der Waals surface area contributed by atoms with Gasteiger partial charge in [0.15, 0.2) is 0 Å². The number of amides is 1. The van der Waals surface area contributed by atoms with E-state index in [4.69, 9.17) is 0 Å². The minimum atomic E-state index is -0.542. The number of fused-ring (bicyclic) bond motifs is 1. The number of esters is 1. The maximum absolute atomic E-state index is 13.6. The average molecular weight is 261 g/mol. The van der Waals surface area contributed by atoms with Gasteiger partial charge in [-0.05, 0) is 17.5 Å². The van der Waals surface area contributed by atoms with Crippen molar-refractivity contribution >= 4 is 22.6 Å². The fourth-order valence-electron chi connectivity index (χ4n) is 1.78. The van der Waals surface area contributed by atoms with Crippen molar-refractivity contribution < 1.29 is 18.7 Å². The minimum absolute atomic E-state index is 0.221. The van der Waals surface area contributed by atoms with Crippen LogP contribution in [0.3, 0.4) is 0 Å². The summed E-state index contributed by atoms with van der Waals surface area (Å²) in [5.74, 6) is -1.37. The molecule has 98 valence electrons. The van der Waals surface area contributed by atoms with Crippen LogP contribution in [0.5, 0.6) is 0 Å². The predicted molar refractivity (Wildman–Crippen MR) is 68.3 cm³/mol. The molecule has 0 spiro atoms. The van der Waals surface area contributed by atoms with E-state index in [1.54, 1.807) is 24.3 Å². The van der Waals surface area contributed by atoms with Crippen LogP contribution in [0.4, 0.5) is 4.39 Å². The molecule has 0 aliphatic rings. The van der Waals surface area contributed by atoms with Gasteiger partial charge in [0, 0.05) is 10.9 Å². The van der Waals surface area contributed by atoms with E-state index in [9.17, 15) is 14.0 Å². The lowest BCUT2D eigenvalue weighted by Crippen LogP contribution is -2.30. The number of halogens is 1. The normalized spacial score (nSPS) is 10.2. The second-order valence-corrected chi connectivity index (χ2v) is 3.90. The standard InChI is InChI=1S/C14H12FNO3/c1-19-13(17)8-16-14(18)11-6-7-12(15)10-5-3-2-4-9(10)11/h2-7H,8H2,1H3,(H,16,18). The first kappa shape index (κ1) is 13.0. The molecule has 5 heteroatoms. The van der Waals surface area contributed by atoms with Gasteiger partial charge in [0.25, 0.3) is 5.91 Å². The van der Waals surface area contributed by atoms with Gasteiger partial charge in [-0.25, -0.2) is 4.39 Å². The highest BCUT2D eigenvalue weighted by molar-refractivity contribution is 6.07. The van der Waals surface area contributed by atoms with Gasteiger partial charge in [0.1, 0.15) is 12.4 Å². The van der Waals surface area contributed by atoms with Crippen LogP contribution in [0, 0.1) is 5.82 Å². The zero-order chi connectivity index (χ0) is 13.8. The number of carbonyl (C=O) groups excluding carboxylic acids is 2. The molecule has 0 atom stereocenters. The third kappa shape index (κ3) is 2.70. The second-order valence-electron chi connectivity index (χ2n) is 3.90. The molecule has 0 saturated carbocycles. The highest BCUT2D eigenvalue weighted by atomic mass is 19.1. The number of benzene rings is 2. The average Bonchev–Trinajstić information content (AvgIpc) is 2.45. The fraction of sp³-hybridized carbons (Fsp3) is 0.143. The Hall–Kier alpha value is -2.43. The molecule has 2 rings (SSSR count). The topological polar surface area (TPSA) is 55.4 Å². The van der Waals surface area contributed by atoms with Crippen molar-refractivity contribution in [3.8, 4) is 0 Å². The molecule has 0 aliphatic carbocycles. The van der Waals surface area contributed by atoms with Crippen LogP contribution in [0.2, 0.25) is 0 Å². The first-order chi connectivity index (χ1) is 9.13. The van der Waals surface area contributed by atoms with Crippen LogP contribution in [0.15, 0.2) is 36.4 Å². The van der Waals surface area contributed by atoms with Crippen molar-refractivity contribution in [1.29, 1.82) is 0 Å². The molecule has 0 fully saturated rings. The Balaban J connectivity index is 2.32. The Bertz CT molecular complexity index is 640. The second kappa shape index (κ2) is 5.48. The molecule has 0 aromatic heterocycles. The molecule has 0 bridgehead atoms. The van der Waals surface area contributed by atoms with Crippen LogP contribution < -0.4 is 5.32 Å². The van der Waals surface area contributed by atoms with Crippen molar-refractivity contribution in [2.45, 2.75) is 0 Å². The zero-order valence-electron chi connectivity index (χ0n) is 10.3. The van der Waals surface area contributed by atoms with Gasteiger partial charge in [-0.3, -0.25) is 9.59 Å². The third-order valence-electron chi connectivity index (χ3n) is 2.74. The van der Waals surface area contributed by atoms with E-state index >= 15 is 0 Å². The minimum Gasteiger partial charge on any atom is -0.468 e. The van der Waals surface area contributed by atoms with E-state index in [0.717, 1.165) is 0 Å². The van der Waals surface area contributed by atoms with Crippen molar-refractivity contribution in [1.82, 2.24) is 5.32 Å². The number of ether oxygens (including phenoxy) is 1. The number of rotatable bonds is 3. The maximum Gasteiger partial charge on any atom is 0.325 e. The molecule has 2 aromatic rings. The summed E-state index contributed by atoms with van der Waals surface area (Å²) in [6.45, 7) is -0.221. The van der Waals surface area contributed by atoms with Crippen LogP contribution in [-0.2, 0) is 9.53 Å². The third-order valence-corrected chi connectivity index (χ3v) is 2.74. The largest absolute Gasteiger partial charge is 0.468 e. The summed E-state index contributed by atoms with van der Waals surface area (Å²) in [6.07, 6.45) is 0. The Morgan fingerprint density at radius 2 is 1.84 bits per heavy atom. The van der Waals surface area contributed by atoms with Crippen molar-refractivity contribution in [2.24, 2.45) is 0 Å². The zero-order valence-corrected chi connectivity index (χ0v) is 10.3. The van der Waals surface area contributed by atoms with Crippen molar-refractivity contribution in [2.75, 3.05) is 13.7 Å². The summed E-state index contributed by atoms with van der Waals surface area (Å²) in [7, 11) is 1.24. The lowest BCUT2D eigenvalue weighted by molar-refractivity contribution is -0.139. The Labute approximate surface area is 109 Å². The van der Waals surface area contributed by atoms with Crippen LogP contribution in [-0.4, -0.2) is 25.5 Å². The van der Waals surface area contributed by atoms with Gasteiger partial charge < -0.3 is 10.1 Å². The van der Waals surface area contributed by atoms with E-state index in [1.807, 2.05) is 0 Å². The molecular weight excluding hydrogens is 249 g/mol. The number of carbonyl (C=O) groups is 2. The highest BCUT2D eigenvalue weighted by Crippen LogP contribution is 2.21. The van der Waals surface area contributed by atoms with Gasteiger partial charge >= 0.3 is 5.97 Å². The van der Waals surface area contributed by atoms with Gasteiger partial charge in [-0.1, -0.05) is 24.3 Å². The van der Waals surface area contributed by atoms with E-state index < -0.39 is 11.9 Å². The smallest absolute Gasteiger partial charge is 0.325 e. The van der Waals surface area contributed by atoms with Gasteiger partial charge in [0.05, 0.1) is 7.11 Å². The summed E-state index contributed by atoms with van der Waals surface area (Å²) in [5.41, 5.74) is 0.320. The number of methoxy groups -OCH3 is 1. The van der Waals surface area contributed by atoms with Crippen molar-refractivity contribution in [3.63, 3.8) is 0 Å². The summed E-state index contributed by atoms with van der Waals surface area (Å²) in [4.78, 5) is 22.9. The van der Waals surface area contributed by atoms with Crippen LogP contribution in [0.1, 0.15) is 10.4 Å². The lowest BCUT2D eigenvalue weighted by Gasteiger charge is -2.07. The summed E-state index contributed by atoms with van der Waals surface area (Å²) in [6, 6.07) is 9.30. The van der Waals surface area contributed by atoms with E-state index in [2.05, 4.69) is 10.1 Å². The SMILES string of the molecule is COC(=O)CNC(=O)c1ccc(F)c2ccccc12. The molecule has 4 nitrogen and oxygen atoms in total. The monoisotopic (exact) mass is 261 g/mol. The molecule has 1 amide bonds. The molecule has 2 aromatic carbocycles. The Kier molecular flexibility index (Phi) is 3.75. The lowest BCUT2D eigenvalue weighted by atomic mass is 10.0. The fourth-order valence-corrected chi connectivity index (χ4v) is 1.78. The highest BCUT2D eigenvalue weighted by Gasteiger charge is 2.13. The van der Waals surface area contributed by atoms with E-state index in [-0.39, 0.29) is 12.4 Å². The Morgan fingerprint density at radius 3 is 2.53 bits per heavy atom. The predicted octanol–water partition coefficient (Wildman–Crippen LogP) is 1.88. The van der Waals surface area contributed by atoms with E-state index in [1.165, 1.54) is 19.2 Å². The Morgan fingerprint density at radius 1 is 1.16 bits per heavy atom. The van der Waals surface area contributed by atoms with E-state index in [0.29, 0.717) is 16.3 Å². The van der Waals surface area contributed by atoms with Crippen molar-refractivity contribution in [3.05, 3.63) is 47.8 Å². The van der Waals surface area contributed by atoms with Gasteiger partial charge in [0.2, 0.25) is 0 Å². The van der Waals surface area contributed by atoms with Gasteiger partial charge in [-0.2, -0.15) is 0 Å². The van der Waals surface area contributed by atoms with Gasteiger partial charge in [-0.15, -0.1) is 0 Å². The maximum atomic E-state index is 13.6. The molecular formula is C14H12FNO3. The molecule has 0 radical (unpaired) electrons. The first-order valence-electron chi connectivity index (χ1n) is 5.65. The molecule has 19 heavy (non-hydrogen) atoms. The molecule has 0 heterocycles. The molecule has 0 unspecified atom stereocenters. The molecule has 1 N–H and O–H groups in total. The first-order valence-corrected chi connectivity index (χ1v) is 5.65. The summed E-state index contributed by atoms with van der Waals surface area (Å²) in [5, 5.41) is 3.30. The van der Waals surface area contributed by atoms with Crippen LogP contribution >= 0.6 is 0 Å². The molecule has 0 aliphatic heterocycles. The quantitative estimate of drug-likeness (QED) is 0.858. The summed E-state index contributed by atoms with van der Waals surface area (Å²) >= 11 is 0. The number of hydrogen-bond donors (Lipinski definition) is 1. The number of nitrogens with one attached hydrogen (secondary N) is 1. The molecule has 0 saturated heterocycles. The summed E-state index contributed by atoms with van der Waals surface area (Å²) < 4.78 is 18.0. The number of hydrogen-bond acceptors (Lipinski definition) is 3. The van der Waals surface area contributed by atoms with Crippen LogP contribution in [0.25, 0.3) is 10.8 Å².